The summed E-state index contributed by atoms with van der Waals surface area (Å²) in [5, 5.41) is 11.8. The zero-order valence-corrected chi connectivity index (χ0v) is 14.2. The molecule has 0 bridgehead atoms. The molecule has 1 amide bonds. The van der Waals surface area contributed by atoms with Gasteiger partial charge in [0.25, 0.3) is 5.91 Å². The van der Waals surface area contributed by atoms with Crippen molar-refractivity contribution in [1.29, 1.82) is 0 Å². The minimum atomic E-state index is -0.327. The van der Waals surface area contributed by atoms with Gasteiger partial charge in [0.05, 0.1) is 0 Å². The lowest BCUT2D eigenvalue weighted by Crippen LogP contribution is -2.20. The minimum Gasteiger partial charge on any atom is -0.484 e. The number of anilines is 1. The molecular weight excluding hydrogens is 338 g/mol. The van der Waals surface area contributed by atoms with Crippen LogP contribution in [0.1, 0.15) is 17.3 Å². The second-order valence-corrected chi connectivity index (χ2v) is 6.17. The molecule has 1 N–H and O–H groups in total. The largest absolute Gasteiger partial charge is 0.484 e. The molecule has 0 atom stereocenters. The maximum atomic E-state index is 12.0. The molecule has 0 aliphatic rings. The van der Waals surface area contributed by atoms with Gasteiger partial charge in [0.1, 0.15) is 10.8 Å². The van der Waals surface area contributed by atoms with Gasteiger partial charge in [0.15, 0.2) is 12.4 Å². The number of rotatable bonds is 6. The molecule has 0 radical (unpaired) electrons. The van der Waals surface area contributed by atoms with Crippen LogP contribution in [0.25, 0.3) is 10.6 Å². The van der Waals surface area contributed by atoms with Gasteiger partial charge >= 0.3 is 0 Å². The predicted molar refractivity (Wildman–Crippen MR) is 95.9 cm³/mol. The fraction of sp³-hybridized carbons (Fsp3) is 0.111. The number of carbonyl (C=O) groups is 2. The van der Waals surface area contributed by atoms with Gasteiger partial charge in [-0.25, -0.2) is 0 Å². The lowest BCUT2D eigenvalue weighted by molar-refractivity contribution is -0.118. The molecule has 0 spiro atoms. The number of nitrogens with zero attached hydrogens (tertiary/aromatic N) is 2. The quantitative estimate of drug-likeness (QED) is 0.687. The smallest absolute Gasteiger partial charge is 0.264 e. The molecule has 7 heteroatoms. The van der Waals surface area contributed by atoms with E-state index in [1.54, 1.807) is 24.3 Å². The fourth-order valence-corrected chi connectivity index (χ4v) is 2.83. The van der Waals surface area contributed by atoms with Crippen molar-refractivity contribution < 1.29 is 14.3 Å². The second-order valence-electron chi connectivity index (χ2n) is 5.20. The number of aromatic nitrogens is 2. The standard InChI is InChI=1S/C18H15N3O3S/c1-12(22)13-7-9-15(10-8-13)24-11-16(23)19-18-21-20-17(25-18)14-5-3-2-4-6-14/h2-10H,11H2,1H3,(H,19,21,23). The molecule has 3 aromatic rings. The van der Waals surface area contributed by atoms with Crippen LogP contribution < -0.4 is 10.1 Å². The van der Waals surface area contributed by atoms with Gasteiger partial charge in [-0.1, -0.05) is 41.7 Å². The van der Waals surface area contributed by atoms with Gasteiger partial charge < -0.3 is 4.74 Å². The van der Waals surface area contributed by atoms with Crippen LogP contribution in [-0.4, -0.2) is 28.5 Å². The van der Waals surface area contributed by atoms with E-state index in [4.69, 9.17) is 4.74 Å². The van der Waals surface area contributed by atoms with Crippen LogP contribution in [-0.2, 0) is 4.79 Å². The summed E-state index contributed by atoms with van der Waals surface area (Å²) in [5.74, 6) is 0.170. The highest BCUT2D eigenvalue weighted by molar-refractivity contribution is 7.18. The molecule has 0 fully saturated rings. The van der Waals surface area contributed by atoms with E-state index in [2.05, 4.69) is 15.5 Å². The van der Waals surface area contributed by atoms with Gasteiger partial charge in [0, 0.05) is 11.1 Å². The summed E-state index contributed by atoms with van der Waals surface area (Å²) in [6, 6.07) is 16.2. The molecule has 0 aliphatic heterocycles. The van der Waals surface area contributed by atoms with Crippen molar-refractivity contribution in [1.82, 2.24) is 10.2 Å². The number of carbonyl (C=O) groups excluding carboxylic acids is 2. The highest BCUT2D eigenvalue weighted by atomic mass is 32.1. The predicted octanol–water partition coefficient (Wildman–Crippen LogP) is 3.43. The van der Waals surface area contributed by atoms with E-state index in [1.807, 2.05) is 30.3 Å². The van der Waals surface area contributed by atoms with Crippen molar-refractivity contribution in [3.63, 3.8) is 0 Å². The Hall–Kier alpha value is -3.06. The molecule has 6 nitrogen and oxygen atoms in total. The molecule has 25 heavy (non-hydrogen) atoms. The lowest BCUT2D eigenvalue weighted by atomic mass is 10.1. The first-order chi connectivity index (χ1) is 12.1. The molecule has 1 aromatic heterocycles. The van der Waals surface area contributed by atoms with Gasteiger partial charge in [-0.05, 0) is 31.2 Å². The molecular formula is C18H15N3O3S. The SMILES string of the molecule is CC(=O)c1ccc(OCC(=O)Nc2nnc(-c3ccccc3)s2)cc1. The van der Waals surface area contributed by atoms with Gasteiger partial charge in [-0.15, -0.1) is 10.2 Å². The van der Waals surface area contributed by atoms with Crippen LogP contribution in [0.5, 0.6) is 5.75 Å². The molecule has 0 unspecified atom stereocenters. The number of nitrogens with one attached hydrogen (secondary N) is 1. The van der Waals surface area contributed by atoms with Crippen molar-refractivity contribution in [2.75, 3.05) is 11.9 Å². The number of hydrogen-bond donors (Lipinski definition) is 1. The Morgan fingerprint density at radius 2 is 1.76 bits per heavy atom. The maximum Gasteiger partial charge on any atom is 0.264 e. The summed E-state index contributed by atoms with van der Waals surface area (Å²) in [6.07, 6.45) is 0. The maximum absolute atomic E-state index is 12.0. The Kier molecular flexibility index (Phi) is 5.15. The van der Waals surface area contributed by atoms with Gasteiger partial charge in [0.2, 0.25) is 5.13 Å². The number of benzene rings is 2. The number of ether oxygens (including phenoxy) is 1. The molecule has 0 aliphatic carbocycles. The van der Waals surface area contributed by atoms with E-state index in [1.165, 1.54) is 18.3 Å². The fourth-order valence-electron chi connectivity index (χ4n) is 2.06. The Morgan fingerprint density at radius 3 is 2.44 bits per heavy atom. The normalized spacial score (nSPS) is 10.3. The first-order valence-electron chi connectivity index (χ1n) is 7.54. The highest BCUT2D eigenvalue weighted by Crippen LogP contribution is 2.25. The zero-order valence-electron chi connectivity index (χ0n) is 13.4. The van der Waals surface area contributed by atoms with E-state index in [0.717, 1.165) is 10.6 Å². The number of hydrogen-bond acceptors (Lipinski definition) is 6. The van der Waals surface area contributed by atoms with Crippen molar-refractivity contribution in [2.24, 2.45) is 0 Å². The number of ketones is 1. The molecule has 0 saturated heterocycles. The Labute approximate surface area is 148 Å². The van der Waals surface area contributed by atoms with E-state index < -0.39 is 0 Å². The summed E-state index contributed by atoms with van der Waals surface area (Å²) in [5.41, 5.74) is 1.54. The zero-order chi connectivity index (χ0) is 17.6. The molecule has 2 aromatic carbocycles. The van der Waals surface area contributed by atoms with Crippen molar-refractivity contribution >= 4 is 28.2 Å². The monoisotopic (exact) mass is 353 g/mol. The average molecular weight is 353 g/mol. The Bertz CT molecular complexity index is 876. The molecule has 0 saturated carbocycles. The topological polar surface area (TPSA) is 81.2 Å². The van der Waals surface area contributed by atoms with Gasteiger partial charge in [-0.2, -0.15) is 0 Å². The summed E-state index contributed by atoms with van der Waals surface area (Å²) in [4.78, 5) is 23.2. The summed E-state index contributed by atoms with van der Waals surface area (Å²) >= 11 is 1.29. The van der Waals surface area contributed by atoms with Crippen LogP contribution in [0.3, 0.4) is 0 Å². The first kappa shape index (κ1) is 16.8. The van der Waals surface area contributed by atoms with E-state index >= 15 is 0 Å². The molecule has 3 rings (SSSR count). The van der Waals surface area contributed by atoms with Crippen LogP contribution in [0.15, 0.2) is 54.6 Å². The third-order valence-corrected chi connectivity index (χ3v) is 4.21. The highest BCUT2D eigenvalue weighted by Gasteiger charge is 2.10. The number of amides is 1. The van der Waals surface area contributed by atoms with Crippen LogP contribution in [0.2, 0.25) is 0 Å². The first-order valence-corrected chi connectivity index (χ1v) is 8.36. The third kappa shape index (κ3) is 4.48. The van der Waals surface area contributed by atoms with E-state index in [-0.39, 0.29) is 18.3 Å². The molecule has 1 heterocycles. The lowest BCUT2D eigenvalue weighted by Gasteiger charge is -2.06. The summed E-state index contributed by atoms with van der Waals surface area (Å²) < 4.78 is 5.40. The minimum absolute atomic E-state index is 0.0187. The Balaban J connectivity index is 1.54. The van der Waals surface area contributed by atoms with Gasteiger partial charge in [-0.3, -0.25) is 14.9 Å². The van der Waals surface area contributed by atoms with Crippen molar-refractivity contribution in [3.05, 3.63) is 60.2 Å². The van der Waals surface area contributed by atoms with Crippen LogP contribution in [0.4, 0.5) is 5.13 Å². The van der Waals surface area contributed by atoms with E-state index in [9.17, 15) is 9.59 Å². The van der Waals surface area contributed by atoms with Crippen LogP contribution >= 0.6 is 11.3 Å². The Morgan fingerprint density at radius 1 is 1.04 bits per heavy atom. The third-order valence-electron chi connectivity index (χ3n) is 3.32. The second kappa shape index (κ2) is 7.67. The average Bonchev–Trinajstić information content (AvgIpc) is 3.09. The van der Waals surface area contributed by atoms with E-state index in [0.29, 0.717) is 16.4 Å². The number of Topliss-reactive ketones (excluding diaryl/α,β-unsaturated/α-hetero) is 1. The summed E-state index contributed by atoms with van der Waals surface area (Å²) in [7, 11) is 0. The van der Waals surface area contributed by atoms with Crippen molar-refractivity contribution in [3.8, 4) is 16.3 Å². The van der Waals surface area contributed by atoms with Crippen LogP contribution in [0, 0.1) is 0 Å². The van der Waals surface area contributed by atoms with Crippen molar-refractivity contribution in [2.45, 2.75) is 6.92 Å². The summed E-state index contributed by atoms with van der Waals surface area (Å²) in [6.45, 7) is 1.34. The molecule has 126 valence electrons.